The Morgan fingerprint density at radius 3 is 2.62 bits per heavy atom. The van der Waals surface area contributed by atoms with Crippen LogP contribution in [0.5, 0.6) is 0 Å². The molecule has 1 heterocycles. The minimum atomic E-state index is -0.308. The van der Waals surface area contributed by atoms with Gasteiger partial charge >= 0.3 is 0 Å². The van der Waals surface area contributed by atoms with Crippen LogP contribution in [-0.4, -0.2) is 35.6 Å². The summed E-state index contributed by atoms with van der Waals surface area (Å²) in [5, 5.41) is 0. The summed E-state index contributed by atoms with van der Waals surface area (Å²) in [4.78, 5) is 14.9. The average Bonchev–Trinajstić information content (AvgIpc) is 2.44. The average molecular weight is 293 g/mol. The van der Waals surface area contributed by atoms with Gasteiger partial charge in [-0.1, -0.05) is 19.1 Å². The quantitative estimate of drug-likeness (QED) is 0.855. The minimum absolute atomic E-state index is 0.0488. The highest BCUT2D eigenvalue weighted by molar-refractivity contribution is 5.84. The highest BCUT2D eigenvalue weighted by atomic mass is 19.1. The molecule has 1 aromatic rings. The number of carbonyl (C=O) groups is 1. The Kier molecular flexibility index (Phi) is 4.67. The maximum Gasteiger partial charge on any atom is 0.230 e. The fraction of sp³-hybridized carbons (Fsp3) is 0.588. The van der Waals surface area contributed by atoms with Crippen molar-refractivity contribution in [2.24, 2.45) is 0 Å². The van der Waals surface area contributed by atoms with Crippen molar-refractivity contribution in [2.75, 3.05) is 13.2 Å². The van der Waals surface area contributed by atoms with Gasteiger partial charge in [0.05, 0.1) is 24.2 Å². The molecule has 0 saturated carbocycles. The summed E-state index contributed by atoms with van der Waals surface area (Å²) >= 11 is 0. The van der Waals surface area contributed by atoms with Gasteiger partial charge in [-0.15, -0.1) is 0 Å². The standard InChI is InChI=1S/C17H24FNO2/c1-5-15(13-6-8-14(18)9-7-13)16(20)19-10-12(2)21-11-17(19,3)4/h6-9,12,15H,5,10-11H2,1-4H3. The number of halogens is 1. The van der Waals surface area contributed by atoms with Gasteiger partial charge in [-0.05, 0) is 44.9 Å². The van der Waals surface area contributed by atoms with Crippen LogP contribution in [0, 0.1) is 5.82 Å². The molecule has 2 rings (SSSR count). The van der Waals surface area contributed by atoms with E-state index in [9.17, 15) is 9.18 Å². The van der Waals surface area contributed by atoms with Crippen LogP contribution >= 0.6 is 0 Å². The number of nitrogens with zero attached hydrogens (tertiary/aromatic N) is 1. The smallest absolute Gasteiger partial charge is 0.230 e. The summed E-state index contributed by atoms with van der Waals surface area (Å²) in [6.45, 7) is 9.16. The maximum atomic E-state index is 13.1. The van der Waals surface area contributed by atoms with Crippen LogP contribution in [0.3, 0.4) is 0 Å². The van der Waals surface area contributed by atoms with Crippen molar-refractivity contribution >= 4 is 5.91 Å². The molecule has 21 heavy (non-hydrogen) atoms. The molecule has 4 heteroatoms. The van der Waals surface area contributed by atoms with Gasteiger partial charge in [0.1, 0.15) is 5.82 Å². The highest BCUT2D eigenvalue weighted by Crippen LogP contribution is 2.29. The molecule has 116 valence electrons. The molecule has 0 spiro atoms. The van der Waals surface area contributed by atoms with Crippen LogP contribution < -0.4 is 0 Å². The molecule has 1 amide bonds. The molecule has 0 aliphatic carbocycles. The minimum Gasteiger partial charge on any atom is -0.374 e. The van der Waals surface area contributed by atoms with E-state index in [0.717, 1.165) is 5.56 Å². The van der Waals surface area contributed by atoms with Crippen LogP contribution in [-0.2, 0) is 9.53 Å². The topological polar surface area (TPSA) is 29.5 Å². The van der Waals surface area contributed by atoms with E-state index >= 15 is 0 Å². The molecule has 1 aliphatic rings. The molecule has 1 aromatic carbocycles. The number of hydrogen-bond donors (Lipinski definition) is 0. The first-order chi connectivity index (χ1) is 9.85. The van der Waals surface area contributed by atoms with Gasteiger partial charge in [-0.25, -0.2) is 4.39 Å². The molecule has 2 atom stereocenters. The van der Waals surface area contributed by atoms with Crippen molar-refractivity contribution in [3.05, 3.63) is 35.6 Å². The van der Waals surface area contributed by atoms with Crippen molar-refractivity contribution in [3.8, 4) is 0 Å². The Hall–Kier alpha value is -1.42. The van der Waals surface area contributed by atoms with Gasteiger partial charge in [-0.3, -0.25) is 4.79 Å². The Labute approximate surface area is 126 Å². The molecule has 0 aromatic heterocycles. The first-order valence-corrected chi connectivity index (χ1v) is 7.53. The lowest BCUT2D eigenvalue weighted by Crippen LogP contribution is -2.58. The van der Waals surface area contributed by atoms with Crippen molar-refractivity contribution in [2.45, 2.75) is 51.7 Å². The van der Waals surface area contributed by atoms with E-state index in [0.29, 0.717) is 19.6 Å². The third-order valence-corrected chi connectivity index (χ3v) is 4.14. The summed E-state index contributed by atoms with van der Waals surface area (Å²) in [5.74, 6) is -0.402. The number of carbonyl (C=O) groups excluding carboxylic acids is 1. The number of benzene rings is 1. The molecule has 2 unspecified atom stereocenters. The molecule has 0 bridgehead atoms. The second-order valence-corrected chi connectivity index (χ2v) is 6.40. The van der Waals surface area contributed by atoms with E-state index in [1.54, 1.807) is 12.1 Å². The highest BCUT2D eigenvalue weighted by Gasteiger charge is 2.39. The third kappa shape index (κ3) is 3.43. The number of amides is 1. The Morgan fingerprint density at radius 1 is 1.43 bits per heavy atom. The van der Waals surface area contributed by atoms with Crippen LogP contribution in [0.2, 0.25) is 0 Å². The predicted octanol–water partition coefficient (Wildman–Crippen LogP) is 3.35. The predicted molar refractivity (Wildman–Crippen MR) is 80.6 cm³/mol. The lowest BCUT2D eigenvalue weighted by atomic mass is 9.91. The number of rotatable bonds is 3. The largest absolute Gasteiger partial charge is 0.374 e. The molecule has 0 radical (unpaired) electrons. The Bertz CT molecular complexity index is 498. The Morgan fingerprint density at radius 2 is 2.05 bits per heavy atom. The van der Waals surface area contributed by atoms with Gasteiger partial charge < -0.3 is 9.64 Å². The number of hydrogen-bond acceptors (Lipinski definition) is 2. The normalized spacial score (nSPS) is 22.9. The summed E-state index contributed by atoms with van der Waals surface area (Å²) < 4.78 is 18.7. The second-order valence-electron chi connectivity index (χ2n) is 6.40. The molecule has 1 saturated heterocycles. The summed E-state index contributed by atoms with van der Waals surface area (Å²) in [5.41, 5.74) is 0.565. The van der Waals surface area contributed by atoms with Gasteiger partial charge in [0, 0.05) is 6.54 Å². The fourth-order valence-electron chi connectivity index (χ4n) is 2.81. The molecular weight excluding hydrogens is 269 g/mol. The van der Waals surface area contributed by atoms with Crippen molar-refractivity contribution in [3.63, 3.8) is 0 Å². The van der Waals surface area contributed by atoms with E-state index in [1.807, 2.05) is 32.6 Å². The molecule has 1 fully saturated rings. The van der Waals surface area contributed by atoms with Crippen molar-refractivity contribution in [1.82, 2.24) is 4.90 Å². The van der Waals surface area contributed by atoms with Gasteiger partial charge in [0.15, 0.2) is 0 Å². The van der Waals surface area contributed by atoms with E-state index in [4.69, 9.17) is 4.74 Å². The zero-order chi connectivity index (χ0) is 15.6. The maximum absolute atomic E-state index is 13.1. The lowest BCUT2D eigenvalue weighted by Gasteiger charge is -2.46. The van der Waals surface area contributed by atoms with Crippen molar-refractivity contribution in [1.29, 1.82) is 0 Å². The zero-order valence-corrected chi connectivity index (χ0v) is 13.2. The van der Waals surface area contributed by atoms with Crippen molar-refractivity contribution < 1.29 is 13.9 Å². The lowest BCUT2D eigenvalue weighted by molar-refractivity contribution is -0.154. The SMILES string of the molecule is CCC(C(=O)N1CC(C)OCC1(C)C)c1ccc(F)cc1. The fourth-order valence-corrected chi connectivity index (χ4v) is 2.81. The number of ether oxygens (including phenoxy) is 1. The van der Waals surface area contributed by atoms with Gasteiger partial charge in [0.25, 0.3) is 0 Å². The summed E-state index contributed by atoms with van der Waals surface area (Å²) in [6.07, 6.45) is 0.749. The van der Waals surface area contributed by atoms with Gasteiger partial charge in [-0.2, -0.15) is 0 Å². The summed E-state index contributed by atoms with van der Waals surface area (Å²) in [6, 6.07) is 6.24. The zero-order valence-electron chi connectivity index (χ0n) is 13.2. The van der Waals surface area contributed by atoms with E-state index < -0.39 is 0 Å². The molecule has 1 aliphatic heterocycles. The van der Waals surface area contributed by atoms with Crippen LogP contribution in [0.4, 0.5) is 4.39 Å². The molecular formula is C17H24FNO2. The van der Waals surface area contributed by atoms with Crippen LogP contribution in [0.15, 0.2) is 24.3 Å². The third-order valence-electron chi connectivity index (χ3n) is 4.14. The monoisotopic (exact) mass is 293 g/mol. The molecule has 0 N–H and O–H groups in total. The van der Waals surface area contributed by atoms with Crippen LogP contribution in [0.1, 0.15) is 45.6 Å². The first kappa shape index (κ1) is 16.0. The Balaban J connectivity index is 2.24. The summed E-state index contributed by atoms with van der Waals surface area (Å²) in [7, 11) is 0. The first-order valence-electron chi connectivity index (χ1n) is 7.53. The van der Waals surface area contributed by atoms with Gasteiger partial charge in [0.2, 0.25) is 5.91 Å². The number of morpholine rings is 1. The van der Waals surface area contributed by atoms with E-state index in [2.05, 4.69) is 0 Å². The van der Waals surface area contributed by atoms with Crippen LogP contribution in [0.25, 0.3) is 0 Å². The second kappa shape index (κ2) is 6.14. The molecule has 3 nitrogen and oxygen atoms in total. The van der Waals surface area contributed by atoms with E-state index in [-0.39, 0.29) is 29.3 Å². The van der Waals surface area contributed by atoms with E-state index in [1.165, 1.54) is 12.1 Å².